The van der Waals surface area contributed by atoms with Gasteiger partial charge in [-0.1, -0.05) is 35.9 Å². The molecule has 1 fully saturated rings. The van der Waals surface area contributed by atoms with E-state index in [0.717, 1.165) is 29.5 Å². The molecular weight excluding hydrogens is 498 g/mol. The third kappa shape index (κ3) is 5.22. The lowest BCUT2D eigenvalue weighted by molar-refractivity contribution is -0.144. The van der Waals surface area contributed by atoms with Crippen LogP contribution in [0.25, 0.3) is 11.1 Å². The van der Waals surface area contributed by atoms with Crippen LogP contribution in [0.15, 0.2) is 59.5 Å². The highest BCUT2D eigenvalue weighted by Crippen LogP contribution is 2.39. The van der Waals surface area contributed by atoms with Crippen molar-refractivity contribution in [3.8, 4) is 16.9 Å². The van der Waals surface area contributed by atoms with E-state index in [4.69, 9.17) is 16.3 Å². The number of sulfonamides is 1. The maximum Gasteiger partial charge on any atom is 0.344 e. The minimum Gasteiger partial charge on any atom is -0.479 e. The second-order valence-corrected chi connectivity index (χ2v) is 11.6. The zero-order valence-electron chi connectivity index (χ0n) is 20.8. The van der Waals surface area contributed by atoms with Crippen molar-refractivity contribution in [2.45, 2.75) is 51.5 Å². The first-order chi connectivity index (χ1) is 17.0. The molecule has 0 saturated heterocycles. The van der Waals surface area contributed by atoms with Crippen molar-refractivity contribution in [3.05, 3.63) is 76.3 Å². The van der Waals surface area contributed by atoms with Crippen molar-refractivity contribution in [1.29, 1.82) is 0 Å². The normalized spacial score (nSPS) is 14.4. The van der Waals surface area contributed by atoms with Crippen LogP contribution in [0, 0.1) is 26.7 Å². The predicted molar refractivity (Wildman–Crippen MR) is 143 cm³/mol. The fraction of sp³-hybridized carbons (Fsp3) is 0.321. The van der Waals surface area contributed by atoms with Gasteiger partial charge < -0.3 is 9.84 Å². The number of carbonyl (C=O) groups is 1. The monoisotopic (exact) mass is 527 g/mol. The van der Waals surface area contributed by atoms with Gasteiger partial charge in [0.15, 0.2) is 6.10 Å². The van der Waals surface area contributed by atoms with E-state index in [-0.39, 0.29) is 4.90 Å². The van der Waals surface area contributed by atoms with Crippen LogP contribution in [-0.4, -0.2) is 32.1 Å². The molecule has 4 rings (SSSR count). The van der Waals surface area contributed by atoms with Crippen molar-refractivity contribution in [3.63, 3.8) is 0 Å². The Morgan fingerprint density at radius 1 is 1.03 bits per heavy atom. The summed E-state index contributed by atoms with van der Waals surface area (Å²) < 4.78 is 35.3. The number of nitrogens with zero attached hydrogens (tertiary/aromatic N) is 1. The summed E-state index contributed by atoms with van der Waals surface area (Å²) in [4.78, 5) is 11.4. The van der Waals surface area contributed by atoms with Crippen molar-refractivity contribution in [1.82, 2.24) is 0 Å². The van der Waals surface area contributed by atoms with Gasteiger partial charge in [0.2, 0.25) is 0 Å². The molecule has 0 amide bonds. The van der Waals surface area contributed by atoms with Crippen LogP contribution in [0.5, 0.6) is 5.75 Å². The fourth-order valence-corrected chi connectivity index (χ4v) is 6.24. The highest BCUT2D eigenvalue weighted by Gasteiger charge is 2.34. The molecule has 0 aromatic heterocycles. The van der Waals surface area contributed by atoms with Crippen LogP contribution < -0.4 is 9.04 Å². The molecule has 1 unspecified atom stereocenters. The molecule has 0 aliphatic heterocycles. The van der Waals surface area contributed by atoms with E-state index in [1.807, 2.05) is 49.4 Å². The Kier molecular flexibility index (Phi) is 7.34. The molecule has 6 nitrogen and oxygen atoms in total. The first-order valence-electron chi connectivity index (χ1n) is 11.9. The van der Waals surface area contributed by atoms with Gasteiger partial charge in [-0.3, -0.25) is 4.31 Å². The third-order valence-electron chi connectivity index (χ3n) is 6.76. The molecule has 1 saturated carbocycles. The van der Waals surface area contributed by atoms with Gasteiger partial charge in [0.1, 0.15) is 5.75 Å². The number of halogens is 1. The Hall–Kier alpha value is -3.03. The van der Waals surface area contributed by atoms with Gasteiger partial charge >= 0.3 is 5.97 Å². The number of aliphatic carboxylic acids is 1. The van der Waals surface area contributed by atoms with E-state index in [0.29, 0.717) is 40.0 Å². The van der Waals surface area contributed by atoms with E-state index in [2.05, 4.69) is 0 Å². The van der Waals surface area contributed by atoms with E-state index in [1.165, 1.54) is 17.3 Å². The van der Waals surface area contributed by atoms with Crippen molar-refractivity contribution >= 4 is 33.3 Å². The molecule has 0 spiro atoms. The van der Waals surface area contributed by atoms with E-state index >= 15 is 0 Å². The number of hydrogen-bond acceptors (Lipinski definition) is 4. The van der Waals surface area contributed by atoms with Crippen LogP contribution in [0.4, 0.5) is 5.69 Å². The zero-order valence-corrected chi connectivity index (χ0v) is 22.4. The molecule has 1 aliphatic carbocycles. The lowest BCUT2D eigenvalue weighted by Crippen LogP contribution is -2.34. The standard InChI is InChI=1S/C28H30ClNO5S/c1-17-18(2)27(15-14-26(17)35-20(4)28(31)32)36(33,34)30(16-21-8-9-21)25-7-5-6-24(19(25)3)22-10-12-23(29)13-11-22/h5-7,10-15,20-21H,8-9,16H2,1-4H3,(H,31,32). The number of carboxylic acids is 1. The zero-order chi connectivity index (χ0) is 26.2. The molecule has 3 aromatic carbocycles. The lowest BCUT2D eigenvalue weighted by atomic mass is 9.99. The second kappa shape index (κ2) is 10.1. The van der Waals surface area contributed by atoms with E-state index < -0.39 is 22.1 Å². The van der Waals surface area contributed by atoms with Gasteiger partial charge in [0.05, 0.1) is 10.6 Å². The molecule has 36 heavy (non-hydrogen) atoms. The first kappa shape index (κ1) is 26.0. The van der Waals surface area contributed by atoms with Crippen molar-refractivity contribution in [2.75, 3.05) is 10.8 Å². The molecular formula is C28H30ClNO5S. The Balaban J connectivity index is 1.78. The minimum absolute atomic E-state index is 0.187. The molecule has 3 aromatic rings. The van der Waals surface area contributed by atoms with Gasteiger partial charge in [-0.2, -0.15) is 0 Å². The van der Waals surface area contributed by atoms with Crippen molar-refractivity contribution in [2.24, 2.45) is 5.92 Å². The second-order valence-electron chi connectivity index (χ2n) is 9.35. The predicted octanol–water partition coefficient (Wildman–Crippen LogP) is 6.39. The van der Waals surface area contributed by atoms with Crippen LogP contribution in [-0.2, 0) is 14.8 Å². The number of anilines is 1. The summed E-state index contributed by atoms with van der Waals surface area (Å²) in [7, 11) is -3.91. The first-order valence-corrected chi connectivity index (χ1v) is 13.7. The number of ether oxygens (including phenoxy) is 1. The highest BCUT2D eigenvalue weighted by atomic mass is 35.5. The van der Waals surface area contributed by atoms with E-state index in [9.17, 15) is 18.3 Å². The van der Waals surface area contributed by atoms with Gasteiger partial charge in [-0.05, 0) is 105 Å². The highest BCUT2D eigenvalue weighted by molar-refractivity contribution is 7.92. The molecule has 0 bridgehead atoms. The SMILES string of the molecule is Cc1c(-c2ccc(Cl)cc2)cccc1N(CC1CC1)S(=O)(=O)c1ccc(OC(C)C(=O)O)c(C)c1C. The van der Waals surface area contributed by atoms with Gasteiger partial charge in [-0.25, -0.2) is 13.2 Å². The van der Waals surface area contributed by atoms with Crippen LogP contribution in [0.2, 0.25) is 5.02 Å². The molecule has 190 valence electrons. The quantitative estimate of drug-likeness (QED) is 0.348. The number of rotatable bonds is 9. The summed E-state index contributed by atoms with van der Waals surface area (Å²) in [5.74, 6) is -0.412. The van der Waals surface area contributed by atoms with E-state index in [1.54, 1.807) is 19.9 Å². The summed E-state index contributed by atoms with van der Waals surface area (Å²) in [5, 5.41) is 9.83. The summed E-state index contributed by atoms with van der Waals surface area (Å²) in [5.41, 5.74) is 4.56. The largest absolute Gasteiger partial charge is 0.479 e. The average molecular weight is 528 g/mol. The lowest BCUT2D eigenvalue weighted by Gasteiger charge is -2.28. The number of carboxylic acid groups (broad SMARTS) is 1. The summed E-state index contributed by atoms with van der Waals surface area (Å²) in [6, 6.07) is 16.3. The summed E-state index contributed by atoms with van der Waals surface area (Å²) in [6.45, 7) is 7.26. The Morgan fingerprint density at radius 2 is 1.69 bits per heavy atom. The maximum absolute atomic E-state index is 14.1. The van der Waals surface area contributed by atoms with Crippen LogP contribution >= 0.6 is 11.6 Å². The number of benzene rings is 3. The molecule has 1 aliphatic rings. The van der Waals surface area contributed by atoms with Gasteiger partial charge in [0.25, 0.3) is 10.0 Å². The Bertz CT molecular complexity index is 1400. The van der Waals surface area contributed by atoms with Gasteiger partial charge in [0, 0.05) is 11.6 Å². The smallest absolute Gasteiger partial charge is 0.344 e. The third-order valence-corrected chi connectivity index (χ3v) is 8.93. The molecule has 8 heteroatoms. The van der Waals surface area contributed by atoms with Crippen LogP contribution in [0.3, 0.4) is 0 Å². The molecule has 1 atom stereocenters. The molecule has 1 N–H and O–H groups in total. The fourth-order valence-electron chi connectivity index (χ4n) is 4.23. The average Bonchev–Trinajstić information content (AvgIpc) is 3.65. The topological polar surface area (TPSA) is 83.9 Å². The Labute approximate surface area is 217 Å². The minimum atomic E-state index is -3.91. The maximum atomic E-state index is 14.1. The Morgan fingerprint density at radius 3 is 2.31 bits per heavy atom. The van der Waals surface area contributed by atoms with Gasteiger partial charge in [-0.15, -0.1) is 0 Å². The summed E-state index contributed by atoms with van der Waals surface area (Å²) in [6.07, 6.45) is 0.953. The van der Waals surface area contributed by atoms with Crippen LogP contribution in [0.1, 0.15) is 36.5 Å². The van der Waals surface area contributed by atoms with Crippen molar-refractivity contribution < 1.29 is 23.1 Å². The summed E-state index contributed by atoms with van der Waals surface area (Å²) >= 11 is 6.07. The molecule has 0 radical (unpaired) electrons. The molecule has 0 heterocycles. The number of hydrogen-bond donors (Lipinski definition) is 1.